The number of imide groups is 1. The molecule has 3 aromatic rings. The van der Waals surface area contributed by atoms with Gasteiger partial charge >= 0.3 is 6.03 Å². The van der Waals surface area contributed by atoms with Gasteiger partial charge in [0, 0.05) is 23.7 Å². The second-order valence-electron chi connectivity index (χ2n) is 10.8. The van der Waals surface area contributed by atoms with Gasteiger partial charge in [0.15, 0.2) is 0 Å². The maximum atomic E-state index is 13.2. The first-order valence-corrected chi connectivity index (χ1v) is 14.2. The Morgan fingerprint density at radius 3 is 2.49 bits per heavy atom. The van der Waals surface area contributed by atoms with Crippen LogP contribution in [0.25, 0.3) is 10.9 Å². The lowest BCUT2D eigenvalue weighted by molar-refractivity contribution is -0.131. The largest absolute Gasteiger partial charge is 0.493 e. The zero-order valence-electron chi connectivity index (χ0n) is 23.9. The Balaban J connectivity index is 1.26. The summed E-state index contributed by atoms with van der Waals surface area (Å²) in [6.45, 7) is 11.0. The number of ether oxygens (including phenoxy) is 2. The quantitative estimate of drug-likeness (QED) is 0.196. The van der Waals surface area contributed by atoms with Gasteiger partial charge in [-0.1, -0.05) is 50.5 Å². The van der Waals surface area contributed by atoms with Gasteiger partial charge < -0.3 is 14.8 Å². The number of urea groups is 1. The summed E-state index contributed by atoms with van der Waals surface area (Å²) in [4.78, 5) is 31.9. The smallest absolute Gasteiger partial charge is 0.325 e. The Morgan fingerprint density at radius 1 is 1.03 bits per heavy atom. The Kier molecular flexibility index (Phi) is 9.10. The van der Waals surface area contributed by atoms with Gasteiger partial charge in [0.05, 0.1) is 18.2 Å². The molecule has 1 aromatic heterocycles. The predicted molar refractivity (Wildman–Crippen MR) is 154 cm³/mol. The molecule has 7 nitrogen and oxygen atoms in total. The molecule has 0 bridgehead atoms. The van der Waals surface area contributed by atoms with Gasteiger partial charge in [0.25, 0.3) is 5.91 Å². The fourth-order valence-electron chi connectivity index (χ4n) is 5.14. The van der Waals surface area contributed by atoms with E-state index >= 15 is 0 Å². The number of pyridine rings is 1. The fourth-order valence-corrected chi connectivity index (χ4v) is 5.14. The van der Waals surface area contributed by atoms with E-state index in [0.29, 0.717) is 13.2 Å². The van der Waals surface area contributed by atoms with Gasteiger partial charge in [-0.3, -0.25) is 14.7 Å². The van der Waals surface area contributed by atoms with Crippen LogP contribution in [0.1, 0.15) is 76.5 Å². The number of carbonyl (C=O) groups excluding carboxylic acids is 2. The molecular weight excluding hydrogens is 490 g/mol. The van der Waals surface area contributed by atoms with Crippen molar-refractivity contribution in [3.05, 3.63) is 65.4 Å². The van der Waals surface area contributed by atoms with Gasteiger partial charge in [-0.2, -0.15) is 0 Å². The lowest BCUT2D eigenvalue weighted by Crippen LogP contribution is -2.41. The van der Waals surface area contributed by atoms with E-state index in [1.807, 2.05) is 44.3 Å². The van der Waals surface area contributed by atoms with E-state index in [1.54, 1.807) is 6.92 Å². The highest BCUT2D eigenvalue weighted by atomic mass is 16.5. The highest BCUT2D eigenvalue weighted by molar-refractivity contribution is 6.07. The number of hydrogen-bond acceptors (Lipinski definition) is 5. The van der Waals surface area contributed by atoms with Crippen molar-refractivity contribution in [1.29, 1.82) is 0 Å². The van der Waals surface area contributed by atoms with Crippen LogP contribution in [0.3, 0.4) is 0 Å². The van der Waals surface area contributed by atoms with Crippen LogP contribution in [0.2, 0.25) is 0 Å². The minimum atomic E-state index is -1.07. The normalized spacial score (nSPS) is 17.2. The first-order chi connectivity index (χ1) is 18.7. The molecule has 0 saturated carbocycles. The van der Waals surface area contributed by atoms with Crippen molar-refractivity contribution in [3.8, 4) is 11.5 Å². The van der Waals surface area contributed by atoms with Crippen LogP contribution in [-0.4, -0.2) is 41.1 Å². The molecule has 1 fully saturated rings. The molecule has 1 aliphatic heterocycles. The van der Waals surface area contributed by atoms with Crippen LogP contribution in [-0.2, 0) is 16.8 Å². The van der Waals surface area contributed by atoms with Crippen LogP contribution in [0.15, 0.2) is 48.7 Å². The van der Waals surface area contributed by atoms with Crippen LogP contribution in [0.5, 0.6) is 11.5 Å². The van der Waals surface area contributed by atoms with Crippen molar-refractivity contribution in [2.75, 3.05) is 13.2 Å². The summed E-state index contributed by atoms with van der Waals surface area (Å²) < 4.78 is 12.0. The van der Waals surface area contributed by atoms with Crippen molar-refractivity contribution >= 4 is 22.8 Å². The number of carbonyl (C=O) groups is 2. The van der Waals surface area contributed by atoms with E-state index in [4.69, 9.17) is 9.47 Å². The maximum absolute atomic E-state index is 13.2. The molecule has 2 aromatic carbocycles. The third-order valence-electron chi connectivity index (χ3n) is 7.24. The second kappa shape index (κ2) is 12.5. The monoisotopic (exact) mass is 531 g/mol. The Hall–Kier alpha value is -3.61. The number of hydrogen-bond donors (Lipinski definition) is 1. The first-order valence-electron chi connectivity index (χ1n) is 14.2. The van der Waals surface area contributed by atoms with E-state index in [2.05, 4.69) is 42.3 Å². The third kappa shape index (κ3) is 6.35. The average molecular weight is 532 g/mol. The lowest BCUT2D eigenvalue weighted by atomic mass is 9.92. The van der Waals surface area contributed by atoms with Crippen LogP contribution in [0.4, 0.5) is 4.79 Å². The standard InChI is InChI=1S/C32H41N3O4/c1-6-12-24-21-33-28-23(4)13-11-14-27(28)29(24)38-20-10-8-7-9-19-35-30(36)32(5,34-31(35)37)25-15-17-26(18-16-25)39-22(2)3/h11,13-18,21-22H,6-10,12,19-20H2,1-5H3,(H,34,37). The summed E-state index contributed by atoms with van der Waals surface area (Å²) in [5.41, 5.74) is 2.97. The van der Waals surface area contributed by atoms with E-state index in [9.17, 15) is 9.59 Å². The number of aryl methyl sites for hydroxylation is 2. The molecule has 1 saturated heterocycles. The number of rotatable bonds is 13. The summed E-state index contributed by atoms with van der Waals surface area (Å²) in [6, 6.07) is 13.2. The summed E-state index contributed by atoms with van der Waals surface area (Å²) in [7, 11) is 0. The number of aromatic nitrogens is 1. The number of para-hydroxylation sites is 1. The summed E-state index contributed by atoms with van der Waals surface area (Å²) >= 11 is 0. The van der Waals surface area contributed by atoms with Crippen molar-refractivity contribution < 1.29 is 19.1 Å². The molecule has 39 heavy (non-hydrogen) atoms. The Morgan fingerprint density at radius 2 is 1.77 bits per heavy atom. The summed E-state index contributed by atoms with van der Waals surface area (Å²) in [5.74, 6) is 1.48. The molecule has 2 heterocycles. The highest BCUT2D eigenvalue weighted by Gasteiger charge is 2.48. The molecule has 0 spiro atoms. The number of benzene rings is 2. The summed E-state index contributed by atoms with van der Waals surface area (Å²) in [6.07, 6.45) is 7.54. The highest BCUT2D eigenvalue weighted by Crippen LogP contribution is 2.32. The SMILES string of the molecule is CCCc1cnc2c(C)cccc2c1OCCCCCCN1C(=O)NC(C)(c2ccc(OC(C)C)cc2)C1=O. The molecule has 4 rings (SSSR count). The molecular formula is C32H41N3O4. The lowest BCUT2D eigenvalue weighted by Gasteiger charge is -2.22. The molecule has 1 atom stereocenters. The minimum Gasteiger partial charge on any atom is -0.493 e. The Bertz CT molecular complexity index is 1300. The molecule has 0 aliphatic carbocycles. The maximum Gasteiger partial charge on any atom is 0.325 e. The van der Waals surface area contributed by atoms with Gasteiger partial charge in [-0.25, -0.2) is 4.79 Å². The molecule has 1 unspecified atom stereocenters. The molecule has 0 radical (unpaired) electrons. The zero-order chi connectivity index (χ0) is 28.0. The van der Waals surface area contributed by atoms with Gasteiger partial charge in [-0.05, 0) is 76.3 Å². The van der Waals surface area contributed by atoms with Crippen molar-refractivity contribution in [2.24, 2.45) is 0 Å². The van der Waals surface area contributed by atoms with Gasteiger partial charge in [-0.15, -0.1) is 0 Å². The van der Waals surface area contributed by atoms with Crippen LogP contribution < -0.4 is 14.8 Å². The van der Waals surface area contributed by atoms with Crippen molar-refractivity contribution in [3.63, 3.8) is 0 Å². The Labute approximate surface area is 231 Å². The van der Waals surface area contributed by atoms with E-state index < -0.39 is 5.54 Å². The zero-order valence-corrected chi connectivity index (χ0v) is 23.9. The first kappa shape index (κ1) is 28.4. The number of amides is 3. The average Bonchev–Trinajstić information content (AvgIpc) is 3.12. The van der Waals surface area contributed by atoms with Gasteiger partial charge in [0.2, 0.25) is 0 Å². The van der Waals surface area contributed by atoms with E-state index in [-0.39, 0.29) is 18.0 Å². The number of unbranched alkanes of at least 4 members (excludes halogenated alkanes) is 3. The molecule has 7 heteroatoms. The van der Waals surface area contributed by atoms with Gasteiger partial charge in [0.1, 0.15) is 17.0 Å². The van der Waals surface area contributed by atoms with Crippen LogP contribution in [0, 0.1) is 6.92 Å². The number of nitrogens with one attached hydrogen (secondary N) is 1. The minimum absolute atomic E-state index is 0.0691. The second-order valence-corrected chi connectivity index (χ2v) is 10.8. The molecule has 208 valence electrons. The fraction of sp³-hybridized carbons (Fsp3) is 0.469. The number of nitrogens with zero attached hydrogens (tertiary/aromatic N) is 2. The van der Waals surface area contributed by atoms with E-state index in [0.717, 1.165) is 77.6 Å². The van der Waals surface area contributed by atoms with Crippen molar-refractivity contribution in [2.45, 2.75) is 84.8 Å². The van der Waals surface area contributed by atoms with Crippen molar-refractivity contribution in [1.82, 2.24) is 15.2 Å². The van der Waals surface area contributed by atoms with E-state index in [1.165, 1.54) is 4.90 Å². The third-order valence-corrected chi connectivity index (χ3v) is 7.24. The van der Waals surface area contributed by atoms with Crippen LogP contribution >= 0.6 is 0 Å². The topological polar surface area (TPSA) is 80.8 Å². The number of fused-ring (bicyclic) bond motifs is 1. The molecule has 1 N–H and O–H groups in total. The molecule has 1 aliphatic rings. The predicted octanol–water partition coefficient (Wildman–Crippen LogP) is 6.69. The summed E-state index contributed by atoms with van der Waals surface area (Å²) in [5, 5.41) is 3.97. The molecule has 3 amide bonds.